The minimum absolute atomic E-state index is 0.0493. The van der Waals surface area contributed by atoms with Crippen molar-refractivity contribution in [1.82, 2.24) is 10.3 Å². The number of hydrogen-bond acceptors (Lipinski definition) is 4. The van der Waals surface area contributed by atoms with Crippen LogP contribution in [0.2, 0.25) is 0 Å². The van der Waals surface area contributed by atoms with E-state index in [1.165, 1.54) is 24.8 Å². The fourth-order valence-corrected chi connectivity index (χ4v) is 2.95. The molecule has 0 spiro atoms. The molecule has 2 amide bonds. The number of anilines is 1. The van der Waals surface area contributed by atoms with Gasteiger partial charge in [0.1, 0.15) is 5.69 Å². The molecule has 1 aliphatic rings. The Bertz CT molecular complexity index is 495. The van der Waals surface area contributed by atoms with Crippen LogP contribution in [0.15, 0.2) is 18.3 Å². The van der Waals surface area contributed by atoms with Gasteiger partial charge in [0.2, 0.25) is 0 Å². The molecule has 0 aromatic carbocycles. The Labute approximate surface area is 121 Å². The molecule has 1 fully saturated rings. The fourth-order valence-electron chi connectivity index (χ4n) is 2.04. The third-order valence-corrected chi connectivity index (χ3v) is 4.93. The summed E-state index contributed by atoms with van der Waals surface area (Å²) in [6, 6.07) is 2.58. The first-order valence-corrected chi connectivity index (χ1v) is 7.56. The molecule has 1 aromatic rings. The molecule has 0 aliphatic heterocycles. The lowest BCUT2D eigenvalue weighted by Gasteiger charge is -2.40. The molecule has 7 heteroatoms. The average Bonchev–Trinajstić information content (AvgIpc) is 2.38. The first-order chi connectivity index (χ1) is 9.54. The number of aromatic carboxylic acids is 1. The number of aromatic nitrogens is 1. The van der Waals surface area contributed by atoms with Crippen molar-refractivity contribution in [3.8, 4) is 0 Å². The van der Waals surface area contributed by atoms with E-state index in [0.717, 1.165) is 12.8 Å². The maximum Gasteiger partial charge on any atom is 0.354 e. The molecule has 0 radical (unpaired) electrons. The molecule has 0 unspecified atom stereocenters. The number of thioether (sulfide) groups is 1. The molecule has 6 nitrogen and oxygen atoms in total. The topological polar surface area (TPSA) is 91.3 Å². The lowest BCUT2D eigenvalue weighted by molar-refractivity contribution is 0.0690. The van der Waals surface area contributed by atoms with Crippen molar-refractivity contribution >= 4 is 29.4 Å². The Morgan fingerprint density at radius 3 is 2.65 bits per heavy atom. The number of rotatable bonds is 5. The van der Waals surface area contributed by atoms with Crippen LogP contribution in [0.5, 0.6) is 0 Å². The molecular formula is C13H17N3O3S. The van der Waals surface area contributed by atoms with Crippen molar-refractivity contribution in [3.05, 3.63) is 24.0 Å². The lowest BCUT2D eigenvalue weighted by atomic mass is 9.84. The van der Waals surface area contributed by atoms with Crippen LogP contribution in [0.3, 0.4) is 0 Å². The number of carbonyl (C=O) groups is 2. The van der Waals surface area contributed by atoms with Gasteiger partial charge >= 0.3 is 12.0 Å². The van der Waals surface area contributed by atoms with Crippen LogP contribution < -0.4 is 10.6 Å². The lowest BCUT2D eigenvalue weighted by Crippen LogP contribution is -2.46. The minimum Gasteiger partial charge on any atom is -0.477 e. The monoisotopic (exact) mass is 295 g/mol. The highest BCUT2D eigenvalue weighted by Crippen LogP contribution is 2.42. The molecule has 108 valence electrons. The van der Waals surface area contributed by atoms with Crippen molar-refractivity contribution in [1.29, 1.82) is 0 Å². The number of amides is 2. The molecule has 1 aromatic heterocycles. The van der Waals surface area contributed by atoms with E-state index >= 15 is 0 Å². The molecule has 0 bridgehead atoms. The van der Waals surface area contributed by atoms with Crippen LogP contribution in [0.1, 0.15) is 29.8 Å². The molecule has 3 N–H and O–H groups in total. The summed E-state index contributed by atoms with van der Waals surface area (Å²) in [5, 5.41) is 14.2. The normalized spacial score (nSPS) is 16.1. The Morgan fingerprint density at radius 2 is 2.20 bits per heavy atom. The summed E-state index contributed by atoms with van der Waals surface area (Å²) in [7, 11) is 0. The molecular weight excluding hydrogens is 278 g/mol. The maximum atomic E-state index is 11.8. The van der Waals surface area contributed by atoms with Crippen molar-refractivity contribution in [2.45, 2.75) is 24.0 Å². The average molecular weight is 295 g/mol. The number of urea groups is 1. The van der Waals surface area contributed by atoms with Gasteiger partial charge in [-0.3, -0.25) is 0 Å². The number of carboxylic acids is 1. The highest BCUT2D eigenvalue weighted by molar-refractivity contribution is 8.00. The van der Waals surface area contributed by atoms with Gasteiger partial charge in [-0.25, -0.2) is 14.6 Å². The fraction of sp³-hybridized carbons (Fsp3) is 0.462. The zero-order valence-electron chi connectivity index (χ0n) is 11.2. The van der Waals surface area contributed by atoms with E-state index in [1.807, 2.05) is 0 Å². The first kappa shape index (κ1) is 14.6. The second kappa shape index (κ2) is 6.13. The molecule has 0 atom stereocenters. The largest absolute Gasteiger partial charge is 0.477 e. The predicted octanol–water partition coefficient (Wildman–Crippen LogP) is 2.19. The number of nitrogens with zero attached hydrogens (tertiary/aromatic N) is 1. The summed E-state index contributed by atoms with van der Waals surface area (Å²) in [5.74, 6) is -1.09. The highest BCUT2D eigenvalue weighted by Gasteiger charge is 2.36. The van der Waals surface area contributed by atoms with Gasteiger partial charge in [0.15, 0.2) is 0 Å². The van der Waals surface area contributed by atoms with Crippen molar-refractivity contribution in [3.63, 3.8) is 0 Å². The number of hydrogen-bond donors (Lipinski definition) is 3. The first-order valence-electron chi connectivity index (χ1n) is 6.34. The summed E-state index contributed by atoms with van der Waals surface area (Å²) in [6.07, 6.45) is 6.86. The van der Waals surface area contributed by atoms with Gasteiger partial charge in [-0.05, 0) is 31.2 Å². The molecule has 1 aliphatic carbocycles. The molecule has 20 heavy (non-hydrogen) atoms. The van der Waals surface area contributed by atoms with E-state index in [2.05, 4.69) is 21.9 Å². The van der Waals surface area contributed by atoms with E-state index in [0.29, 0.717) is 12.2 Å². The van der Waals surface area contributed by atoms with Crippen LogP contribution in [-0.2, 0) is 0 Å². The maximum absolute atomic E-state index is 11.8. The third kappa shape index (κ3) is 3.41. The summed E-state index contributed by atoms with van der Waals surface area (Å²) in [4.78, 5) is 26.2. The van der Waals surface area contributed by atoms with Crippen molar-refractivity contribution < 1.29 is 14.7 Å². The Morgan fingerprint density at radius 1 is 1.45 bits per heavy atom. The van der Waals surface area contributed by atoms with Gasteiger partial charge in [0.05, 0.1) is 11.9 Å². The van der Waals surface area contributed by atoms with Crippen LogP contribution in [0, 0.1) is 0 Å². The van der Waals surface area contributed by atoms with E-state index in [1.54, 1.807) is 11.8 Å². The minimum atomic E-state index is -1.09. The highest BCUT2D eigenvalue weighted by atomic mass is 32.2. The van der Waals surface area contributed by atoms with Crippen LogP contribution >= 0.6 is 11.8 Å². The number of nitrogens with one attached hydrogen (secondary N) is 2. The second-order valence-electron chi connectivity index (χ2n) is 4.79. The number of pyridine rings is 1. The molecule has 1 heterocycles. The number of carbonyl (C=O) groups excluding carboxylic acids is 1. The Hall–Kier alpha value is -1.76. The number of carboxylic acid groups (broad SMARTS) is 1. The molecule has 0 saturated heterocycles. The summed E-state index contributed by atoms with van der Waals surface area (Å²) in [6.45, 7) is 0.640. The van der Waals surface area contributed by atoms with Crippen molar-refractivity contribution in [2.75, 3.05) is 18.1 Å². The van der Waals surface area contributed by atoms with E-state index in [4.69, 9.17) is 5.11 Å². The second-order valence-corrected chi connectivity index (χ2v) is 6.06. The van der Waals surface area contributed by atoms with Crippen LogP contribution in [0.4, 0.5) is 10.5 Å². The van der Waals surface area contributed by atoms with Gasteiger partial charge in [-0.15, -0.1) is 0 Å². The Balaban J connectivity index is 1.83. The Kier molecular flexibility index (Phi) is 4.49. The third-order valence-electron chi connectivity index (χ3n) is 3.51. The summed E-state index contributed by atoms with van der Waals surface area (Å²) >= 11 is 1.79. The van der Waals surface area contributed by atoms with Gasteiger partial charge in [-0.1, -0.05) is 6.42 Å². The molecule has 2 rings (SSSR count). The zero-order valence-corrected chi connectivity index (χ0v) is 12.0. The van der Waals surface area contributed by atoms with Gasteiger partial charge in [-0.2, -0.15) is 11.8 Å². The van der Waals surface area contributed by atoms with Gasteiger partial charge < -0.3 is 15.7 Å². The molecule has 1 saturated carbocycles. The zero-order chi connectivity index (χ0) is 14.6. The van der Waals surface area contributed by atoms with E-state index in [-0.39, 0.29) is 16.5 Å². The smallest absolute Gasteiger partial charge is 0.354 e. The van der Waals surface area contributed by atoms with Gasteiger partial charge in [0, 0.05) is 11.3 Å². The van der Waals surface area contributed by atoms with Gasteiger partial charge in [0.25, 0.3) is 0 Å². The summed E-state index contributed by atoms with van der Waals surface area (Å²) < 4.78 is 0.183. The van der Waals surface area contributed by atoms with Crippen molar-refractivity contribution in [2.24, 2.45) is 0 Å². The van der Waals surface area contributed by atoms with Crippen LogP contribution in [0.25, 0.3) is 0 Å². The van der Waals surface area contributed by atoms with E-state index in [9.17, 15) is 9.59 Å². The predicted molar refractivity (Wildman–Crippen MR) is 78.3 cm³/mol. The standard InChI is InChI=1S/C13H17N3O3S/c1-20-13(5-2-6-13)8-15-12(19)16-9-3-4-10(11(17)18)14-7-9/h3-4,7H,2,5-6,8H2,1H3,(H,17,18)(H2,15,16,19). The quantitative estimate of drug-likeness (QED) is 0.774. The van der Waals surface area contributed by atoms with E-state index < -0.39 is 5.97 Å². The van der Waals surface area contributed by atoms with Crippen LogP contribution in [-0.4, -0.2) is 39.6 Å². The SMILES string of the molecule is CSC1(CNC(=O)Nc2ccc(C(=O)O)nc2)CCC1. The summed E-state index contributed by atoms with van der Waals surface area (Å²) in [5.41, 5.74) is 0.422.